The number of nitrogens with zero attached hydrogens (tertiary/aromatic N) is 1. The van der Waals surface area contributed by atoms with Crippen molar-refractivity contribution in [1.29, 1.82) is 0 Å². The highest BCUT2D eigenvalue weighted by Crippen LogP contribution is 2.19. The number of carbonyl (C=O) groups excluding carboxylic acids is 1. The SMILES string of the molecule is CCCN(CCC)S(=O)(=O)c1cccc(C(=O)Nc2ccc(C)cc2)c1. The summed E-state index contributed by atoms with van der Waals surface area (Å²) < 4.78 is 27.2. The van der Waals surface area contributed by atoms with Crippen molar-refractivity contribution in [3.05, 3.63) is 59.7 Å². The molecule has 26 heavy (non-hydrogen) atoms. The van der Waals surface area contributed by atoms with E-state index >= 15 is 0 Å². The summed E-state index contributed by atoms with van der Waals surface area (Å²) in [5, 5.41) is 2.80. The van der Waals surface area contributed by atoms with E-state index in [1.165, 1.54) is 16.4 Å². The van der Waals surface area contributed by atoms with E-state index in [1.54, 1.807) is 12.1 Å². The molecular formula is C20H26N2O3S. The van der Waals surface area contributed by atoms with Crippen LogP contribution in [0.5, 0.6) is 0 Å². The number of anilines is 1. The number of aryl methyl sites for hydroxylation is 1. The third-order valence-corrected chi connectivity index (χ3v) is 5.88. The number of amides is 1. The lowest BCUT2D eigenvalue weighted by Crippen LogP contribution is -2.32. The van der Waals surface area contributed by atoms with Crippen LogP contribution in [0.4, 0.5) is 5.69 Å². The van der Waals surface area contributed by atoms with Crippen LogP contribution >= 0.6 is 0 Å². The van der Waals surface area contributed by atoms with Crippen molar-refractivity contribution in [2.45, 2.75) is 38.5 Å². The quantitative estimate of drug-likeness (QED) is 0.758. The van der Waals surface area contributed by atoms with Gasteiger partial charge in [0, 0.05) is 24.3 Å². The summed E-state index contributed by atoms with van der Waals surface area (Å²) in [6.45, 7) is 6.80. The first-order chi connectivity index (χ1) is 12.4. The van der Waals surface area contributed by atoms with E-state index in [4.69, 9.17) is 0 Å². The van der Waals surface area contributed by atoms with Crippen LogP contribution in [0.15, 0.2) is 53.4 Å². The van der Waals surface area contributed by atoms with Crippen LogP contribution in [0.25, 0.3) is 0 Å². The van der Waals surface area contributed by atoms with Gasteiger partial charge in [-0.2, -0.15) is 4.31 Å². The van der Waals surface area contributed by atoms with E-state index in [1.807, 2.05) is 45.0 Å². The number of benzene rings is 2. The van der Waals surface area contributed by atoms with Crippen LogP contribution in [-0.4, -0.2) is 31.7 Å². The van der Waals surface area contributed by atoms with Gasteiger partial charge in [0.15, 0.2) is 0 Å². The first kappa shape index (κ1) is 20.1. The van der Waals surface area contributed by atoms with Crippen LogP contribution in [-0.2, 0) is 10.0 Å². The maximum atomic E-state index is 12.9. The molecule has 1 amide bonds. The van der Waals surface area contributed by atoms with E-state index < -0.39 is 10.0 Å². The zero-order valence-corrected chi connectivity index (χ0v) is 16.3. The number of carbonyl (C=O) groups is 1. The molecule has 0 fully saturated rings. The van der Waals surface area contributed by atoms with E-state index in [0.29, 0.717) is 24.3 Å². The molecular weight excluding hydrogens is 348 g/mol. The van der Waals surface area contributed by atoms with Gasteiger partial charge >= 0.3 is 0 Å². The average molecular weight is 375 g/mol. The molecule has 0 saturated carbocycles. The van der Waals surface area contributed by atoms with Gasteiger partial charge in [-0.1, -0.05) is 37.6 Å². The molecule has 5 nitrogen and oxygen atoms in total. The molecule has 2 rings (SSSR count). The highest BCUT2D eigenvalue weighted by atomic mass is 32.2. The summed E-state index contributed by atoms with van der Waals surface area (Å²) in [5.41, 5.74) is 2.09. The molecule has 6 heteroatoms. The second-order valence-corrected chi connectivity index (χ2v) is 8.19. The van der Waals surface area contributed by atoms with Crippen molar-refractivity contribution in [3.8, 4) is 0 Å². The van der Waals surface area contributed by atoms with Crippen molar-refractivity contribution in [1.82, 2.24) is 4.31 Å². The van der Waals surface area contributed by atoms with Crippen molar-refractivity contribution in [2.75, 3.05) is 18.4 Å². The molecule has 0 aromatic heterocycles. The smallest absolute Gasteiger partial charge is 0.255 e. The van der Waals surface area contributed by atoms with E-state index in [9.17, 15) is 13.2 Å². The van der Waals surface area contributed by atoms with Crippen molar-refractivity contribution in [3.63, 3.8) is 0 Å². The number of hydrogen-bond donors (Lipinski definition) is 1. The van der Waals surface area contributed by atoms with Gasteiger partial charge in [-0.3, -0.25) is 4.79 Å². The lowest BCUT2D eigenvalue weighted by atomic mass is 10.2. The van der Waals surface area contributed by atoms with Gasteiger partial charge in [-0.25, -0.2) is 8.42 Å². The standard InChI is InChI=1S/C20H26N2O3S/c1-4-13-22(14-5-2)26(24,25)19-8-6-7-17(15-19)20(23)21-18-11-9-16(3)10-12-18/h6-12,15H,4-5,13-14H2,1-3H3,(H,21,23). The van der Waals surface area contributed by atoms with E-state index in [2.05, 4.69) is 5.32 Å². The minimum Gasteiger partial charge on any atom is -0.322 e. The van der Waals surface area contributed by atoms with Crippen molar-refractivity contribution < 1.29 is 13.2 Å². The molecule has 2 aromatic carbocycles. The Balaban J connectivity index is 2.25. The predicted octanol–water partition coefficient (Wildman–Crippen LogP) is 4.06. The summed E-state index contributed by atoms with van der Waals surface area (Å²) in [6.07, 6.45) is 1.49. The molecule has 0 saturated heterocycles. The van der Waals surface area contributed by atoms with Gasteiger partial charge < -0.3 is 5.32 Å². The lowest BCUT2D eigenvalue weighted by Gasteiger charge is -2.21. The number of hydrogen-bond acceptors (Lipinski definition) is 3. The first-order valence-electron chi connectivity index (χ1n) is 8.86. The molecule has 0 bridgehead atoms. The summed E-state index contributed by atoms with van der Waals surface area (Å²) in [4.78, 5) is 12.6. The largest absolute Gasteiger partial charge is 0.322 e. The Morgan fingerprint density at radius 1 is 1.00 bits per heavy atom. The Morgan fingerprint density at radius 3 is 2.19 bits per heavy atom. The second kappa shape index (κ2) is 8.96. The molecule has 140 valence electrons. The predicted molar refractivity (Wildman–Crippen MR) is 105 cm³/mol. The molecule has 0 unspecified atom stereocenters. The molecule has 0 spiro atoms. The van der Waals surface area contributed by atoms with Gasteiger partial charge in [0.05, 0.1) is 4.90 Å². The normalized spacial score (nSPS) is 11.5. The van der Waals surface area contributed by atoms with Crippen LogP contribution in [0.3, 0.4) is 0 Å². The molecule has 0 aliphatic carbocycles. The van der Waals surface area contributed by atoms with Crippen LogP contribution in [0, 0.1) is 6.92 Å². The second-order valence-electron chi connectivity index (χ2n) is 6.25. The summed E-state index contributed by atoms with van der Waals surface area (Å²) in [5.74, 6) is -0.330. The minimum atomic E-state index is -3.61. The minimum absolute atomic E-state index is 0.149. The molecule has 0 aliphatic rings. The maximum Gasteiger partial charge on any atom is 0.255 e. The molecule has 0 heterocycles. The third-order valence-electron chi connectivity index (χ3n) is 3.99. The van der Waals surface area contributed by atoms with Crippen molar-refractivity contribution >= 4 is 21.6 Å². The molecule has 0 atom stereocenters. The van der Waals surface area contributed by atoms with Gasteiger partial charge in [-0.15, -0.1) is 0 Å². The fourth-order valence-corrected chi connectivity index (χ4v) is 4.31. The van der Waals surface area contributed by atoms with Crippen LogP contribution < -0.4 is 5.32 Å². The highest BCUT2D eigenvalue weighted by molar-refractivity contribution is 7.89. The van der Waals surface area contributed by atoms with E-state index in [-0.39, 0.29) is 10.8 Å². The Morgan fingerprint density at radius 2 is 1.62 bits per heavy atom. The van der Waals surface area contributed by atoms with Crippen molar-refractivity contribution in [2.24, 2.45) is 0 Å². The fraction of sp³-hybridized carbons (Fsp3) is 0.350. The maximum absolute atomic E-state index is 12.9. The zero-order valence-electron chi connectivity index (χ0n) is 15.5. The van der Waals surface area contributed by atoms with Gasteiger partial charge in [0.2, 0.25) is 10.0 Å². The Kier molecular flexibility index (Phi) is 6.94. The van der Waals surface area contributed by atoms with Gasteiger partial charge in [0.25, 0.3) is 5.91 Å². The first-order valence-corrected chi connectivity index (χ1v) is 10.3. The summed E-state index contributed by atoms with van der Waals surface area (Å²) in [7, 11) is -3.61. The topological polar surface area (TPSA) is 66.5 Å². The summed E-state index contributed by atoms with van der Waals surface area (Å²) in [6, 6.07) is 13.6. The molecule has 2 aromatic rings. The Labute approximate surface area is 156 Å². The molecule has 0 radical (unpaired) electrons. The van der Waals surface area contributed by atoms with Crippen LogP contribution in [0.2, 0.25) is 0 Å². The average Bonchev–Trinajstić information content (AvgIpc) is 2.63. The van der Waals surface area contributed by atoms with Gasteiger partial charge in [0.1, 0.15) is 0 Å². The fourth-order valence-electron chi connectivity index (χ4n) is 2.64. The Hall–Kier alpha value is -2.18. The zero-order chi connectivity index (χ0) is 19.2. The monoisotopic (exact) mass is 374 g/mol. The lowest BCUT2D eigenvalue weighted by molar-refractivity contribution is 0.102. The van der Waals surface area contributed by atoms with E-state index in [0.717, 1.165) is 18.4 Å². The highest BCUT2D eigenvalue weighted by Gasteiger charge is 2.23. The molecule has 0 aliphatic heterocycles. The van der Waals surface area contributed by atoms with Crippen LogP contribution in [0.1, 0.15) is 42.6 Å². The third kappa shape index (κ3) is 4.93. The summed E-state index contributed by atoms with van der Waals surface area (Å²) >= 11 is 0. The number of nitrogens with one attached hydrogen (secondary N) is 1. The number of rotatable bonds is 8. The molecule has 1 N–H and O–H groups in total. The van der Waals surface area contributed by atoms with Gasteiger partial charge in [-0.05, 0) is 50.1 Å². The Bertz CT molecular complexity index is 840. The number of sulfonamides is 1.